The molecular weight excluding hydrogens is 789 g/mol. The second-order valence-electron chi connectivity index (χ2n) is 14.9. The van der Waals surface area contributed by atoms with Crippen molar-refractivity contribution in [3.8, 4) is 0 Å². The predicted octanol–water partition coefficient (Wildman–Crippen LogP) is 1.27. The number of amides is 6. The molecule has 0 bridgehead atoms. The molecule has 0 unspecified atom stereocenters. The normalized spacial score (nSPS) is 13.4. The monoisotopic (exact) mass is 838 g/mol. The minimum Gasteiger partial charge on any atom is -0.368 e. The number of imidazole rings is 1. The molecule has 0 saturated carbocycles. The first-order valence-electron chi connectivity index (χ1n) is 20.2. The third-order valence-corrected chi connectivity index (χ3v) is 10.2. The number of benzene rings is 4. The Labute approximate surface area is 358 Å². The average molecular weight is 839 g/mol. The molecule has 320 valence electrons. The molecule has 6 rings (SSSR count). The summed E-state index contributed by atoms with van der Waals surface area (Å²) < 4.78 is 0. The molecule has 5 atom stereocenters. The molecule has 6 aromatic rings. The molecule has 2 heterocycles. The van der Waals surface area contributed by atoms with Gasteiger partial charge in [0.2, 0.25) is 35.4 Å². The molecule has 0 saturated heterocycles. The Morgan fingerprint density at radius 2 is 1.00 bits per heavy atom. The van der Waals surface area contributed by atoms with Gasteiger partial charge < -0.3 is 48.0 Å². The van der Waals surface area contributed by atoms with Gasteiger partial charge in [-0.2, -0.15) is 0 Å². The molecule has 16 heteroatoms. The highest BCUT2D eigenvalue weighted by molar-refractivity contribution is 5.97. The molecule has 11 N–H and O–H groups in total. The zero-order valence-corrected chi connectivity index (χ0v) is 33.9. The van der Waals surface area contributed by atoms with Gasteiger partial charge in [0.25, 0.3) is 0 Å². The first-order chi connectivity index (χ1) is 30.0. The van der Waals surface area contributed by atoms with E-state index >= 15 is 0 Å². The Morgan fingerprint density at radius 3 is 1.52 bits per heavy atom. The van der Waals surface area contributed by atoms with Crippen molar-refractivity contribution in [3.05, 3.63) is 162 Å². The number of carbonyl (C=O) groups excluding carboxylic acids is 6. The number of para-hydroxylation sites is 1. The Bertz CT molecular complexity index is 2430. The summed E-state index contributed by atoms with van der Waals surface area (Å²) in [5.74, 6) is -4.07. The summed E-state index contributed by atoms with van der Waals surface area (Å²) in [7, 11) is 0. The number of hydrogen-bond donors (Lipinski definition) is 9. The van der Waals surface area contributed by atoms with Crippen LogP contribution >= 0.6 is 0 Å². The van der Waals surface area contributed by atoms with E-state index in [1.165, 1.54) is 12.5 Å². The molecule has 16 nitrogen and oxygen atoms in total. The maximum atomic E-state index is 14.6. The van der Waals surface area contributed by atoms with Crippen molar-refractivity contribution in [1.82, 2.24) is 41.5 Å². The van der Waals surface area contributed by atoms with Gasteiger partial charge >= 0.3 is 0 Å². The zero-order valence-electron chi connectivity index (χ0n) is 33.9. The van der Waals surface area contributed by atoms with Crippen molar-refractivity contribution in [2.45, 2.75) is 62.3 Å². The lowest BCUT2D eigenvalue weighted by molar-refractivity contribution is -0.134. The Balaban J connectivity index is 1.28. The molecule has 6 amide bonds. The number of carbonyl (C=O) groups is 6. The van der Waals surface area contributed by atoms with Crippen LogP contribution in [0.5, 0.6) is 0 Å². The number of primary amides is 1. The molecule has 62 heavy (non-hydrogen) atoms. The van der Waals surface area contributed by atoms with Gasteiger partial charge in [0.15, 0.2) is 0 Å². The van der Waals surface area contributed by atoms with Crippen molar-refractivity contribution in [2.24, 2.45) is 11.5 Å². The SMILES string of the molecule is NC(=O)CNC(=O)[C@H](Cc1cnc[nH]1)NC(=O)[C@H](Cc1ccccc1)NC(=O)[C@H](Cc1c[nH]c2ccccc12)NC(=O)[C@H](Cc1ccccc1)NC(=O)[C@@H](N)Cc1ccccc1. The summed E-state index contributed by atoms with van der Waals surface area (Å²) in [6.07, 6.45) is 4.98. The topological polar surface area (TPSA) is 259 Å². The van der Waals surface area contributed by atoms with Crippen molar-refractivity contribution in [2.75, 3.05) is 6.54 Å². The molecule has 0 aliphatic carbocycles. The highest BCUT2D eigenvalue weighted by Crippen LogP contribution is 2.20. The van der Waals surface area contributed by atoms with Crippen molar-refractivity contribution in [1.29, 1.82) is 0 Å². The molecule has 0 aliphatic rings. The van der Waals surface area contributed by atoms with E-state index in [9.17, 15) is 28.8 Å². The summed E-state index contributed by atoms with van der Waals surface area (Å²) >= 11 is 0. The molecular formula is C46H50N10O6. The second-order valence-corrected chi connectivity index (χ2v) is 14.9. The summed E-state index contributed by atoms with van der Waals surface area (Å²) in [6.45, 7) is -0.460. The fourth-order valence-corrected chi connectivity index (χ4v) is 7.03. The van der Waals surface area contributed by atoms with E-state index in [1.54, 1.807) is 30.5 Å². The van der Waals surface area contributed by atoms with Gasteiger partial charge in [-0.25, -0.2) is 4.98 Å². The number of aromatic amines is 2. The number of H-pyrrole nitrogens is 2. The van der Waals surface area contributed by atoms with Crippen molar-refractivity contribution >= 4 is 46.3 Å². The van der Waals surface area contributed by atoms with Gasteiger partial charge in [-0.1, -0.05) is 109 Å². The standard InChI is InChI=1S/C46H50N10O6/c47-35(20-29-12-4-1-5-13-29)42(58)53-37(21-30-14-6-2-7-15-30)44(60)55-39(23-32-25-50-36-19-11-10-18-34(32)36)46(62)54-38(22-31-16-8-3-9-17-31)45(61)56-40(24-33-26-49-28-52-33)43(59)51-27-41(48)57/h1-19,25-26,28,35,37-40,50H,20-24,27,47H2,(H2,48,57)(H,49,52)(H,51,59)(H,53,58)(H,54,62)(H,55,60)(H,56,61)/t35-,37-,38-,39-,40-/m0/s1. The number of nitrogens with one attached hydrogen (secondary N) is 7. The van der Waals surface area contributed by atoms with Crippen LogP contribution in [0.4, 0.5) is 0 Å². The summed E-state index contributed by atoms with van der Waals surface area (Å²) in [6, 6.07) is 29.0. The van der Waals surface area contributed by atoms with Crippen LogP contribution in [0.2, 0.25) is 0 Å². The smallest absolute Gasteiger partial charge is 0.243 e. The van der Waals surface area contributed by atoms with Gasteiger partial charge in [-0.05, 0) is 34.7 Å². The fourth-order valence-electron chi connectivity index (χ4n) is 7.03. The second kappa shape index (κ2) is 21.6. The zero-order chi connectivity index (χ0) is 43.8. The Kier molecular flexibility index (Phi) is 15.3. The van der Waals surface area contributed by atoms with Gasteiger partial charge in [0.05, 0.1) is 18.9 Å². The van der Waals surface area contributed by atoms with Crippen LogP contribution in [0.3, 0.4) is 0 Å². The van der Waals surface area contributed by atoms with Crippen LogP contribution < -0.4 is 38.1 Å². The van der Waals surface area contributed by atoms with Gasteiger partial charge in [-0.3, -0.25) is 28.8 Å². The number of fused-ring (bicyclic) bond motifs is 1. The summed E-state index contributed by atoms with van der Waals surface area (Å²) in [5, 5.41) is 14.5. The van der Waals surface area contributed by atoms with E-state index < -0.39 is 72.2 Å². The maximum absolute atomic E-state index is 14.6. The highest BCUT2D eigenvalue weighted by Gasteiger charge is 2.33. The molecule has 0 radical (unpaired) electrons. The van der Waals surface area contributed by atoms with Crippen LogP contribution in [-0.4, -0.2) is 87.1 Å². The Hall–Kier alpha value is -7.59. The largest absolute Gasteiger partial charge is 0.368 e. The third-order valence-electron chi connectivity index (χ3n) is 10.2. The number of nitrogens with zero attached hydrogens (tertiary/aromatic N) is 1. The first kappa shape index (κ1) is 44.0. The number of aromatic nitrogens is 3. The van der Waals surface area contributed by atoms with E-state index in [-0.39, 0.29) is 32.1 Å². The van der Waals surface area contributed by atoms with Crippen LogP contribution in [0.15, 0.2) is 134 Å². The van der Waals surface area contributed by atoms with E-state index in [0.29, 0.717) is 16.8 Å². The first-order valence-corrected chi connectivity index (χ1v) is 20.2. The molecule has 4 aromatic carbocycles. The predicted molar refractivity (Wildman–Crippen MR) is 233 cm³/mol. The van der Waals surface area contributed by atoms with E-state index in [4.69, 9.17) is 11.5 Å². The average Bonchev–Trinajstić information content (AvgIpc) is 3.95. The highest BCUT2D eigenvalue weighted by atomic mass is 16.2. The van der Waals surface area contributed by atoms with Crippen LogP contribution in [0, 0.1) is 0 Å². The van der Waals surface area contributed by atoms with E-state index in [2.05, 4.69) is 41.5 Å². The number of hydrogen-bond acceptors (Lipinski definition) is 8. The minimum atomic E-state index is -1.26. The van der Waals surface area contributed by atoms with Gasteiger partial charge in [0, 0.05) is 54.7 Å². The summed E-state index contributed by atoms with van der Waals surface area (Å²) in [4.78, 5) is 91.8. The lowest BCUT2D eigenvalue weighted by Crippen LogP contribution is -2.60. The molecule has 2 aromatic heterocycles. The summed E-state index contributed by atoms with van der Waals surface area (Å²) in [5.41, 5.74) is 16.0. The fraction of sp³-hybridized carbons (Fsp3) is 0.239. The maximum Gasteiger partial charge on any atom is 0.243 e. The Morgan fingerprint density at radius 1 is 0.532 bits per heavy atom. The van der Waals surface area contributed by atoms with E-state index in [1.807, 2.05) is 91.0 Å². The van der Waals surface area contributed by atoms with Crippen molar-refractivity contribution < 1.29 is 28.8 Å². The van der Waals surface area contributed by atoms with Crippen molar-refractivity contribution in [3.63, 3.8) is 0 Å². The lowest BCUT2D eigenvalue weighted by atomic mass is 10.00. The molecule has 0 aliphatic heterocycles. The quantitative estimate of drug-likeness (QED) is 0.0509. The number of nitrogens with two attached hydrogens (primary N) is 2. The number of rotatable bonds is 21. The van der Waals surface area contributed by atoms with Crippen LogP contribution in [0.25, 0.3) is 10.9 Å². The lowest BCUT2D eigenvalue weighted by Gasteiger charge is -2.27. The van der Waals surface area contributed by atoms with E-state index in [0.717, 1.165) is 22.0 Å². The molecule has 0 fully saturated rings. The third kappa shape index (κ3) is 12.7. The minimum absolute atomic E-state index is 0.00123. The van der Waals surface area contributed by atoms with Gasteiger partial charge in [0.1, 0.15) is 24.2 Å². The van der Waals surface area contributed by atoms with Crippen LogP contribution in [0.1, 0.15) is 27.9 Å². The van der Waals surface area contributed by atoms with Gasteiger partial charge in [-0.15, -0.1) is 0 Å². The van der Waals surface area contributed by atoms with Crippen LogP contribution in [-0.2, 0) is 60.9 Å². The molecule has 0 spiro atoms.